The minimum Gasteiger partial charge on any atom is -0.314 e. The molecule has 0 aliphatic carbocycles. The van der Waals surface area contributed by atoms with Crippen molar-refractivity contribution in [2.24, 2.45) is 17.8 Å². The second-order valence-electron chi connectivity index (χ2n) is 6.94. The average molecular weight is 252 g/mol. The summed E-state index contributed by atoms with van der Waals surface area (Å²) in [5, 5.41) is 3.72. The second kappa shape index (κ2) is 6.91. The van der Waals surface area contributed by atoms with Crippen LogP contribution in [-0.4, -0.2) is 37.1 Å². The van der Waals surface area contributed by atoms with Gasteiger partial charge >= 0.3 is 0 Å². The average Bonchev–Trinajstić information content (AvgIpc) is 2.40. The summed E-state index contributed by atoms with van der Waals surface area (Å²) >= 11 is 0. The fourth-order valence-corrected chi connectivity index (χ4v) is 3.70. The lowest BCUT2D eigenvalue weighted by molar-refractivity contribution is 0.117. The fourth-order valence-electron chi connectivity index (χ4n) is 3.70. The van der Waals surface area contributed by atoms with Gasteiger partial charge in [-0.2, -0.15) is 0 Å². The van der Waals surface area contributed by atoms with E-state index in [-0.39, 0.29) is 0 Å². The molecule has 0 amide bonds. The minimum atomic E-state index is 0.776. The van der Waals surface area contributed by atoms with Crippen molar-refractivity contribution in [2.45, 2.75) is 58.9 Å². The Bertz CT molecular complexity index is 233. The van der Waals surface area contributed by atoms with Gasteiger partial charge in [-0.15, -0.1) is 0 Å². The zero-order valence-electron chi connectivity index (χ0n) is 12.6. The minimum absolute atomic E-state index is 0.776. The van der Waals surface area contributed by atoms with Gasteiger partial charge in [0.25, 0.3) is 0 Å². The predicted molar refractivity (Wildman–Crippen MR) is 78.8 cm³/mol. The molecule has 0 aromatic carbocycles. The molecule has 1 N–H and O–H groups in total. The molecule has 2 heteroatoms. The van der Waals surface area contributed by atoms with E-state index in [1.54, 1.807) is 0 Å². The molecule has 0 aromatic rings. The maximum Gasteiger partial charge on any atom is 0.0105 e. The van der Waals surface area contributed by atoms with Gasteiger partial charge in [-0.05, 0) is 56.5 Å². The van der Waals surface area contributed by atoms with E-state index >= 15 is 0 Å². The Morgan fingerprint density at radius 1 is 1.11 bits per heavy atom. The third kappa shape index (κ3) is 3.96. The van der Waals surface area contributed by atoms with Crippen LogP contribution in [-0.2, 0) is 0 Å². The van der Waals surface area contributed by atoms with Crippen molar-refractivity contribution in [2.75, 3.05) is 26.2 Å². The molecule has 106 valence electrons. The van der Waals surface area contributed by atoms with Crippen molar-refractivity contribution in [1.29, 1.82) is 0 Å². The molecular weight excluding hydrogens is 220 g/mol. The Morgan fingerprint density at radius 2 is 1.94 bits per heavy atom. The lowest BCUT2D eigenvalue weighted by Gasteiger charge is -2.38. The summed E-state index contributed by atoms with van der Waals surface area (Å²) in [5.74, 6) is 2.61. The highest BCUT2D eigenvalue weighted by Gasteiger charge is 2.26. The second-order valence-corrected chi connectivity index (χ2v) is 6.94. The van der Waals surface area contributed by atoms with E-state index in [1.807, 2.05) is 0 Å². The van der Waals surface area contributed by atoms with Crippen molar-refractivity contribution in [1.82, 2.24) is 10.2 Å². The van der Waals surface area contributed by atoms with Gasteiger partial charge in [0.15, 0.2) is 0 Å². The van der Waals surface area contributed by atoms with Crippen molar-refractivity contribution >= 4 is 0 Å². The Kier molecular flexibility index (Phi) is 5.50. The summed E-state index contributed by atoms with van der Waals surface area (Å²) < 4.78 is 0. The highest BCUT2D eigenvalue weighted by atomic mass is 15.1. The van der Waals surface area contributed by atoms with Crippen LogP contribution in [0.5, 0.6) is 0 Å². The first-order chi connectivity index (χ1) is 8.66. The van der Waals surface area contributed by atoms with Crippen molar-refractivity contribution in [3.05, 3.63) is 0 Å². The molecule has 2 rings (SSSR count). The van der Waals surface area contributed by atoms with Crippen molar-refractivity contribution in [3.8, 4) is 0 Å². The number of hydrogen-bond acceptors (Lipinski definition) is 2. The zero-order valence-corrected chi connectivity index (χ0v) is 12.6. The quantitative estimate of drug-likeness (QED) is 0.827. The van der Waals surface area contributed by atoms with E-state index in [2.05, 4.69) is 31.0 Å². The molecule has 18 heavy (non-hydrogen) atoms. The molecule has 2 aliphatic rings. The summed E-state index contributed by atoms with van der Waals surface area (Å²) in [7, 11) is 0. The Labute approximate surface area is 114 Å². The van der Waals surface area contributed by atoms with Crippen molar-refractivity contribution in [3.63, 3.8) is 0 Å². The first kappa shape index (κ1) is 14.3. The third-order valence-corrected chi connectivity index (χ3v) is 5.07. The van der Waals surface area contributed by atoms with Gasteiger partial charge in [0.1, 0.15) is 0 Å². The summed E-state index contributed by atoms with van der Waals surface area (Å²) in [6, 6.07) is 0.776. The van der Waals surface area contributed by atoms with Gasteiger partial charge in [0.2, 0.25) is 0 Å². The maximum absolute atomic E-state index is 3.72. The molecule has 0 spiro atoms. The first-order valence-electron chi connectivity index (χ1n) is 8.12. The molecule has 2 nitrogen and oxygen atoms in total. The SMILES string of the molecule is CC(C)C1CCCN(CC(C)C2CCCCN2)C1. The van der Waals surface area contributed by atoms with E-state index in [4.69, 9.17) is 0 Å². The molecule has 0 radical (unpaired) electrons. The number of likely N-dealkylation sites (tertiary alicyclic amines) is 1. The molecule has 3 atom stereocenters. The van der Waals surface area contributed by atoms with Gasteiger partial charge in [-0.1, -0.05) is 27.2 Å². The fraction of sp³-hybridized carbons (Fsp3) is 1.00. The lowest BCUT2D eigenvalue weighted by atomic mass is 9.86. The van der Waals surface area contributed by atoms with Crippen LogP contribution in [0.3, 0.4) is 0 Å². The number of hydrogen-bond donors (Lipinski definition) is 1. The van der Waals surface area contributed by atoms with Gasteiger partial charge in [0, 0.05) is 19.1 Å². The summed E-state index contributed by atoms with van der Waals surface area (Å²) in [4.78, 5) is 2.73. The van der Waals surface area contributed by atoms with Crippen molar-refractivity contribution < 1.29 is 0 Å². The summed E-state index contributed by atoms with van der Waals surface area (Å²) in [6.07, 6.45) is 7.06. The van der Waals surface area contributed by atoms with E-state index in [0.29, 0.717) is 0 Å². The lowest BCUT2D eigenvalue weighted by Crippen LogP contribution is -2.46. The largest absolute Gasteiger partial charge is 0.314 e. The first-order valence-corrected chi connectivity index (χ1v) is 8.12. The van der Waals surface area contributed by atoms with E-state index < -0.39 is 0 Å². The molecule has 2 fully saturated rings. The Hall–Kier alpha value is -0.0800. The molecule has 0 aromatic heterocycles. The maximum atomic E-state index is 3.72. The van der Waals surface area contributed by atoms with E-state index in [9.17, 15) is 0 Å². The van der Waals surface area contributed by atoms with E-state index in [0.717, 1.165) is 23.8 Å². The number of rotatable bonds is 4. The molecule has 2 saturated heterocycles. The summed E-state index contributed by atoms with van der Waals surface area (Å²) in [6.45, 7) is 12.4. The number of nitrogens with one attached hydrogen (secondary N) is 1. The van der Waals surface area contributed by atoms with Gasteiger partial charge < -0.3 is 10.2 Å². The van der Waals surface area contributed by atoms with Crippen LogP contribution in [0.1, 0.15) is 52.9 Å². The van der Waals surface area contributed by atoms with Crippen LogP contribution >= 0.6 is 0 Å². The monoisotopic (exact) mass is 252 g/mol. The molecule has 3 unspecified atom stereocenters. The van der Waals surface area contributed by atoms with Gasteiger partial charge in [-0.3, -0.25) is 0 Å². The van der Waals surface area contributed by atoms with Crippen LogP contribution in [0.4, 0.5) is 0 Å². The predicted octanol–water partition coefficient (Wildman–Crippen LogP) is 3.13. The van der Waals surface area contributed by atoms with Gasteiger partial charge in [0.05, 0.1) is 0 Å². The molecule has 2 heterocycles. The normalized spacial score (nSPS) is 32.7. The van der Waals surface area contributed by atoms with E-state index in [1.165, 1.54) is 58.3 Å². The smallest absolute Gasteiger partial charge is 0.0105 e. The van der Waals surface area contributed by atoms with Crippen LogP contribution in [0, 0.1) is 17.8 Å². The molecular formula is C16H32N2. The third-order valence-electron chi connectivity index (χ3n) is 5.07. The molecule has 0 bridgehead atoms. The Balaban J connectivity index is 1.77. The number of nitrogens with zero attached hydrogens (tertiary/aromatic N) is 1. The van der Waals surface area contributed by atoms with Crippen LogP contribution in [0.25, 0.3) is 0 Å². The summed E-state index contributed by atoms with van der Waals surface area (Å²) in [5.41, 5.74) is 0. The molecule has 2 aliphatic heterocycles. The van der Waals surface area contributed by atoms with Crippen LogP contribution < -0.4 is 5.32 Å². The number of piperidine rings is 2. The highest BCUT2D eigenvalue weighted by molar-refractivity contribution is 4.82. The van der Waals surface area contributed by atoms with Crippen LogP contribution in [0.2, 0.25) is 0 Å². The van der Waals surface area contributed by atoms with Gasteiger partial charge in [-0.25, -0.2) is 0 Å². The van der Waals surface area contributed by atoms with Crippen LogP contribution in [0.15, 0.2) is 0 Å². The topological polar surface area (TPSA) is 15.3 Å². The standard InChI is InChI=1S/C16H32N2/c1-13(2)15-7-6-10-18(12-15)11-14(3)16-8-4-5-9-17-16/h13-17H,4-12H2,1-3H3. The highest BCUT2D eigenvalue weighted by Crippen LogP contribution is 2.25. The molecule has 0 saturated carbocycles. The zero-order chi connectivity index (χ0) is 13.0. The Morgan fingerprint density at radius 3 is 2.61 bits per heavy atom.